The van der Waals surface area contributed by atoms with Crippen molar-refractivity contribution in [2.24, 2.45) is 0 Å². The second-order valence-corrected chi connectivity index (χ2v) is 10.5. The molecule has 3 heterocycles. The summed E-state index contributed by atoms with van der Waals surface area (Å²) in [5.41, 5.74) is -2.20. The molecule has 2 aromatic rings. The summed E-state index contributed by atoms with van der Waals surface area (Å²) < 4.78 is 50.6. The Bertz CT molecular complexity index is 1260. The van der Waals surface area contributed by atoms with Crippen LogP contribution in [0.2, 0.25) is 0 Å². The average Bonchev–Trinajstić information content (AvgIpc) is 3.12. The third-order valence-electron chi connectivity index (χ3n) is 3.89. The van der Waals surface area contributed by atoms with Gasteiger partial charge in [0.05, 0.1) is 12.9 Å². The number of ether oxygens (including phenoxy) is 1. The first-order valence-corrected chi connectivity index (χ1v) is 12.5. The van der Waals surface area contributed by atoms with E-state index in [-0.39, 0.29) is 11.2 Å². The highest BCUT2D eigenvalue weighted by molar-refractivity contribution is 7.65. The molecule has 0 aromatic carbocycles. The van der Waals surface area contributed by atoms with Crippen LogP contribution in [-0.4, -0.2) is 64.4 Å². The highest BCUT2D eigenvalue weighted by atomic mass is 31.3. The topological polar surface area (TPSA) is 299 Å². The van der Waals surface area contributed by atoms with Gasteiger partial charge in [-0.15, -0.1) is 0 Å². The van der Waals surface area contributed by atoms with Gasteiger partial charge in [0, 0.05) is 0 Å². The first-order chi connectivity index (χ1) is 14.6. The lowest BCUT2D eigenvalue weighted by molar-refractivity contribution is -0.236. The summed E-state index contributed by atoms with van der Waals surface area (Å²) in [5, 5.41) is 20.3. The number of aromatic amines is 2. The van der Waals surface area contributed by atoms with Gasteiger partial charge in [0.2, 0.25) is 0 Å². The van der Waals surface area contributed by atoms with E-state index in [4.69, 9.17) is 9.63 Å². The van der Waals surface area contributed by atoms with E-state index in [9.17, 15) is 48.2 Å². The molecule has 0 aliphatic carbocycles. The van der Waals surface area contributed by atoms with E-state index in [1.807, 2.05) is 4.98 Å². The van der Waals surface area contributed by atoms with Crippen molar-refractivity contribution >= 4 is 34.6 Å². The molecule has 0 saturated carbocycles. The van der Waals surface area contributed by atoms with Crippen molar-refractivity contribution in [1.29, 1.82) is 0 Å². The SMILES string of the molecule is O=c1[nH]c(=O)c2ncn(C3OC(COP(=O)(O)OP(=O)([O-])OP(=O)([O-])O)C(O)C3O)c2[nH]1. The Kier molecular flexibility index (Phi) is 6.78. The Balaban J connectivity index is 1.73. The molecule has 180 valence electrons. The summed E-state index contributed by atoms with van der Waals surface area (Å²) in [7, 11) is -17.5. The highest BCUT2D eigenvalue weighted by Gasteiger charge is 2.45. The van der Waals surface area contributed by atoms with E-state index < -0.39 is 65.9 Å². The van der Waals surface area contributed by atoms with Crippen LogP contribution in [0.25, 0.3) is 11.2 Å². The second kappa shape index (κ2) is 8.66. The number of hydrogen-bond acceptors (Lipinski definition) is 14. The molecule has 0 bridgehead atoms. The number of nitrogens with zero attached hydrogens (tertiary/aromatic N) is 2. The zero-order valence-electron chi connectivity index (χ0n) is 15.1. The third kappa shape index (κ3) is 5.67. The van der Waals surface area contributed by atoms with Crippen LogP contribution in [0.15, 0.2) is 15.9 Å². The van der Waals surface area contributed by atoms with Crippen LogP contribution < -0.4 is 21.0 Å². The Labute approximate surface area is 174 Å². The van der Waals surface area contributed by atoms with Crippen LogP contribution in [-0.2, 0) is 31.6 Å². The third-order valence-corrected chi connectivity index (χ3v) is 7.61. The van der Waals surface area contributed by atoms with Crippen molar-refractivity contribution in [1.82, 2.24) is 19.5 Å². The Hall–Kier alpha value is -1.56. The monoisotopic (exact) mass is 522 g/mol. The minimum Gasteiger partial charge on any atom is -0.756 e. The van der Waals surface area contributed by atoms with Crippen LogP contribution >= 0.6 is 23.5 Å². The molecule has 1 fully saturated rings. The summed E-state index contributed by atoms with van der Waals surface area (Å²) in [6.07, 6.45) is -5.66. The average molecular weight is 522 g/mol. The number of aliphatic hydroxyl groups is 2. The van der Waals surface area contributed by atoms with Crippen molar-refractivity contribution in [3.63, 3.8) is 0 Å². The number of phosphoric ester groups is 1. The van der Waals surface area contributed by atoms with Crippen LogP contribution in [0.5, 0.6) is 0 Å². The molecule has 0 spiro atoms. The summed E-state index contributed by atoms with van der Waals surface area (Å²) in [6, 6.07) is 0. The fourth-order valence-electron chi connectivity index (χ4n) is 2.70. The lowest BCUT2D eigenvalue weighted by Crippen LogP contribution is -2.33. The minimum absolute atomic E-state index is 0.191. The Morgan fingerprint density at radius 2 is 1.78 bits per heavy atom. The van der Waals surface area contributed by atoms with E-state index in [0.717, 1.165) is 10.9 Å². The molecule has 0 radical (unpaired) electrons. The molecule has 1 aliphatic rings. The van der Waals surface area contributed by atoms with E-state index in [2.05, 4.69) is 23.1 Å². The second-order valence-electron chi connectivity index (χ2n) is 6.15. The van der Waals surface area contributed by atoms with E-state index >= 15 is 0 Å². The van der Waals surface area contributed by atoms with Gasteiger partial charge in [0.25, 0.3) is 21.2 Å². The van der Waals surface area contributed by atoms with Crippen molar-refractivity contribution < 1.29 is 61.4 Å². The first kappa shape index (κ1) is 25.1. The predicted octanol–water partition coefficient (Wildman–Crippen LogP) is -3.89. The van der Waals surface area contributed by atoms with Gasteiger partial charge in [-0.3, -0.25) is 33.0 Å². The molecule has 2 aromatic heterocycles. The van der Waals surface area contributed by atoms with Gasteiger partial charge in [-0.1, -0.05) is 0 Å². The fraction of sp³-hybridized carbons (Fsp3) is 0.500. The van der Waals surface area contributed by atoms with Gasteiger partial charge in [-0.2, -0.15) is 0 Å². The van der Waals surface area contributed by atoms with Gasteiger partial charge in [0.1, 0.15) is 24.0 Å². The maximum Gasteiger partial charge on any atom is 0.478 e. The number of aromatic nitrogens is 4. The summed E-state index contributed by atoms with van der Waals surface area (Å²) in [4.78, 5) is 70.5. The number of hydrogen-bond donors (Lipinski definition) is 6. The smallest absolute Gasteiger partial charge is 0.478 e. The normalized spacial score (nSPS) is 29.4. The van der Waals surface area contributed by atoms with E-state index in [1.54, 1.807) is 0 Å². The zero-order valence-corrected chi connectivity index (χ0v) is 17.8. The van der Waals surface area contributed by atoms with Crippen molar-refractivity contribution in [3.05, 3.63) is 27.2 Å². The standard InChI is InChI=1S/C10H15N4O15P3/c15-5-3(1-26-31(22,23)29-32(24,25)28-30(19,20)21)27-9(6(5)16)14-2-11-4-7(14)12-10(18)13-8(4)17/h2-3,5-6,9,15-16H,1H2,(H,22,23)(H,24,25)(H2,19,20,21)(H2,12,13,17,18)/p-2. The molecule has 3 rings (SSSR count). The molecule has 32 heavy (non-hydrogen) atoms. The summed E-state index contributed by atoms with van der Waals surface area (Å²) in [6.45, 7) is -1.08. The van der Waals surface area contributed by atoms with E-state index in [0.29, 0.717) is 0 Å². The maximum atomic E-state index is 11.7. The van der Waals surface area contributed by atoms with Crippen molar-refractivity contribution in [2.75, 3.05) is 6.61 Å². The van der Waals surface area contributed by atoms with Crippen LogP contribution in [0.1, 0.15) is 6.23 Å². The number of aliphatic hydroxyl groups excluding tert-OH is 2. The quantitative estimate of drug-likeness (QED) is 0.181. The minimum atomic E-state index is -6.06. The molecule has 7 unspecified atom stereocenters. The lowest BCUT2D eigenvalue weighted by atomic mass is 10.1. The first-order valence-electron chi connectivity index (χ1n) is 8.04. The van der Waals surface area contributed by atoms with E-state index in [1.165, 1.54) is 0 Å². The molecule has 0 amide bonds. The number of rotatable bonds is 8. The van der Waals surface area contributed by atoms with Gasteiger partial charge in [-0.05, 0) is 0 Å². The maximum absolute atomic E-state index is 11.7. The molecular weight excluding hydrogens is 509 g/mol. The van der Waals surface area contributed by atoms with Gasteiger partial charge >= 0.3 is 13.5 Å². The molecule has 1 aliphatic heterocycles. The molecule has 6 N–H and O–H groups in total. The van der Waals surface area contributed by atoms with Gasteiger partial charge in [-0.25, -0.2) is 23.0 Å². The van der Waals surface area contributed by atoms with Crippen LogP contribution in [0, 0.1) is 0 Å². The number of phosphoric acid groups is 3. The van der Waals surface area contributed by atoms with Crippen LogP contribution in [0.3, 0.4) is 0 Å². The molecule has 7 atom stereocenters. The summed E-state index contributed by atoms with van der Waals surface area (Å²) in [5.74, 6) is 0. The summed E-state index contributed by atoms with van der Waals surface area (Å²) >= 11 is 0. The molecule has 19 nitrogen and oxygen atoms in total. The molecule has 1 saturated heterocycles. The number of nitrogens with one attached hydrogen (secondary N) is 2. The Morgan fingerprint density at radius 1 is 1.12 bits per heavy atom. The lowest BCUT2D eigenvalue weighted by Gasteiger charge is -2.28. The number of fused-ring (bicyclic) bond motifs is 1. The fourth-order valence-corrected chi connectivity index (χ4v) is 5.63. The van der Waals surface area contributed by atoms with Crippen LogP contribution in [0.4, 0.5) is 0 Å². The van der Waals surface area contributed by atoms with Gasteiger partial charge in [0.15, 0.2) is 11.7 Å². The van der Waals surface area contributed by atoms with Crippen molar-refractivity contribution in [2.45, 2.75) is 24.5 Å². The molecular formula is C10H13N4O15P3-2. The highest BCUT2D eigenvalue weighted by Crippen LogP contribution is 2.63. The zero-order chi connectivity index (χ0) is 24.1. The van der Waals surface area contributed by atoms with Gasteiger partial charge < -0.3 is 34.5 Å². The molecule has 22 heteroatoms. The van der Waals surface area contributed by atoms with Crippen molar-refractivity contribution in [3.8, 4) is 0 Å². The largest absolute Gasteiger partial charge is 0.756 e. The Morgan fingerprint density at radius 3 is 2.41 bits per heavy atom. The predicted molar refractivity (Wildman–Crippen MR) is 92.3 cm³/mol. The number of imidazole rings is 1. The number of H-pyrrole nitrogens is 2.